The normalized spacial score (nSPS) is 11.7. The molecule has 0 unspecified atom stereocenters. The van der Waals surface area contributed by atoms with Crippen LogP contribution in [0.4, 0.5) is 0 Å². The lowest BCUT2D eigenvalue weighted by Gasteiger charge is -2.16. The van der Waals surface area contributed by atoms with Crippen molar-refractivity contribution in [2.75, 3.05) is 6.61 Å². The van der Waals surface area contributed by atoms with Crippen molar-refractivity contribution in [3.63, 3.8) is 0 Å². The maximum absolute atomic E-state index is 12.3. The van der Waals surface area contributed by atoms with Gasteiger partial charge in [-0.3, -0.25) is 9.89 Å². The van der Waals surface area contributed by atoms with E-state index in [1.165, 1.54) is 0 Å². The molecule has 4 nitrogen and oxygen atoms in total. The van der Waals surface area contributed by atoms with Gasteiger partial charge in [-0.15, -0.1) is 0 Å². The fourth-order valence-electron chi connectivity index (χ4n) is 1.95. The number of nitrogens with zero attached hydrogens (tertiary/aromatic N) is 1. The molecule has 0 amide bonds. The monoisotopic (exact) mass is 338 g/mol. The molecule has 0 bridgehead atoms. The van der Waals surface area contributed by atoms with Crippen LogP contribution in [-0.2, 0) is 5.41 Å². The Morgan fingerprint density at radius 1 is 1.25 bits per heavy atom. The molecule has 0 aliphatic rings. The molecule has 0 aliphatic carbocycles. The van der Waals surface area contributed by atoms with Crippen molar-refractivity contribution in [3.8, 4) is 11.4 Å². The van der Waals surface area contributed by atoms with Gasteiger partial charge < -0.3 is 4.74 Å². The molecule has 5 heteroatoms. The van der Waals surface area contributed by atoms with Gasteiger partial charge in [0, 0.05) is 5.41 Å². The number of rotatable bonds is 3. The molecule has 108 valence electrons. The van der Waals surface area contributed by atoms with Crippen LogP contribution in [-0.4, -0.2) is 16.4 Å². The molecule has 2 aromatic rings. The summed E-state index contributed by atoms with van der Waals surface area (Å²) in [6, 6.07) is 7.44. The molecular formula is C15H19BrN2O2. The van der Waals surface area contributed by atoms with E-state index in [0.717, 1.165) is 17.1 Å². The largest absolute Gasteiger partial charge is 0.494 e. The molecule has 0 fully saturated rings. The summed E-state index contributed by atoms with van der Waals surface area (Å²) in [6.07, 6.45) is 0. The second-order valence-corrected chi connectivity index (χ2v) is 6.41. The van der Waals surface area contributed by atoms with Gasteiger partial charge in [-0.05, 0) is 47.1 Å². The van der Waals surface area contributed by atoms with Crippen LogP contribution in [0.3, 0.4) is 0 Å². The summed E-state index contributed by atoms with van der Waals surface area (Å²) < 4.78 is 7.53. The fraction of sp³-hybridized carbons (Fsp3) is 0.400. The summed E-state index contributed by atoms with van der Waals surface area (Å²) in [5.74, 6) is 0.797. The number of aromatic amines is 1. The van der Waals surface area contributed by atoms with Crippen molar-refractivity contribution in [3.05, 3.63) is 44.8 Å². The average Bonchev–Trinajstić information content (AvgIpc) is 2.68. The van der Waals surface area contributed by atoms with Crippen LogP contribution in [0.25, 0.3) is 5.69 Å². The number of halogens is 1. The average molecular weight is 339 g/mol. The Labute approximate surface area is 126 Å². The SMILES string of the molecule is CCOc1ccc(-n2[nH]c(C(C)(C)C)c(Br)c2=O)cc1. The van der Waals surface area contributed by atoms with Gasteiger partial charge in [-0.2, -0.15) is 0 Å². The van der Waals surface area contributed by atoms with E-state index in [1.807, 2.05) is 31.2 Å². The maximum atomic E-state index is 12.3. The number of aromatic nitrogens is 2. The van der Waals surface area contributed by atoms with E-state index >= 15 is 0 Å². The summed E-state index contributed by atoms with van der Waals surface area (Å²) >= 11 is 3.38. The first-order chi connectivity index (χ1) is 9.34. The zero-order valence-electron chi connectivity index (χ0n) is 12.2. The van der Waals surface area contributed by atoms with Gasteiger partial charge in [-0.1, -0.05) is 20.8 Å². The van der Waals surface area contributed by atoms with Crippen molar-refractivity contribution in [1.29, 1.82) is 0 Å². The van der Waals surface area contributed by atoms with Gasteiger partial charge in [0.1, 0.15) is 10.2 Å². The van der Waals surface area contributed by atoms with E-state index in [-0.39, 0.29) is 11.0 Å². The molecule has 2 rings (SSSR count). The van der Waals surface area contributed by atoms with Crippen LogP contribution < -0.4 is 10.3 Å². The molecule has 1 heterocycles. The smallest absolute Gasteiger partial charge is 0.285 e. The molecule has 20 heavy (non-hydrogen) atoms. The topological polar surface area (TPSA) is 47.0 Å². The molecule has 0 aliphatic heterocycles. The van der Waals surface area contributed by atoms with Crippen molar-refractivity contribution in [1.82, 2.24) is 9.78 Å². The minimum atomic E-state index is -0.130. The zero-order valence-corrected chi connectivity index (χ0v) is 13.7. The van der Waals surface area contributed by atoms with Gasteiger partial charge in [0.25, 0.3) is 5.56 Å². The van der Waals surface area contributed by atoms with Gasteiger partial charge in [0.15, 0.2) is 0 Å². The third-order valence-corrected chi connectivity index (χ3v) is 3.73. The Morgan fingerprint density at radius 2 is 1.85 bits per heavy atom. The number of H-pyrrole nitrogens is 1. The Kier molecular flexibility index (Phi) is 4.09. The fourth-order valence-corrected chi connectivity index (χ4v) is 2.81. The van der Waals surface area contributed by atoms with Crippen LogP contribution in [0.15, 0.2) is 33.5 Å². The van der Waals surface area contributed by atoms with Crippen molar-refractivity contribution in [2.45, 2.75) is 33.1 Å². The Morgan fingerprint density at radius 3 is 2.30 bits per heavy atom. The lowest BCUT2D eigenvalue weighted by atomic mass is 9.93. The Hall–Kier alpha value is -1.49. The maximum Gasteiger partial charge on any atom is 0.285 e. The van der Waals surface area contributed by atoms with Gasteiger partial charge in [-0.25, -0.2) is 4.68 Å². The number of nitrogens with one attached hydrogen (secondary N) is 1. The third-order valence-electron chi connectivity index (χ3n) is 2.99. The molecule has 0 radical (unpaired) electrons. The van der Waals surface area contributed by atoms with Crippen molar-refractivity contribution in [2.24, 2.45) is 0 Å². The highest BCUT2D eigenvalue weighted by Gasteiger charge is 2.23. The molecule has 0 atom stereocenters. The van der Waals surface area contributed by atoms with E-state index in [9.17, 15) is 4.79 Å². The molecule has 0 saturated carbocycles. The second kappa shape index (κ2) is 5.48. The molecule has 0 saturated heterocycles. The molecule has 1 aromatic carbocycles. The van der Waals surface area contributed by atoms with Crippen LogP contribution >= 0.6 is 15.9 Å². The molecule has 0 spiro atoms. The minimum Gasteiger partial charge on any atom is -0.494 e. The van der Waals surface area contributed by atoms with E-state index < -0.39 is 0 Å². The highest BCUT2D eigenvalue weighted by Crippen LogP contribution is 2.26. The summed E-state index contributed by atoms with van der Waals surface area (Å²) in [6.45, 7) is 8.75. The lowest BCUT2D eigenvalue weighted by molar-refractivity contribution is 0.340. The summed E-state index contributed by atoms with van der Waals surface area (Å²) in [7, 11) is 0. The number of hydrogen-bond acceptors (Lipinski definition) is 2. The predicted octanol–water partition coefficient (Wildman–Crippen LogP) is 3.62. The Balaban J connectivity index is 2.46. The summed E-state index contributed by atoms with van der Waals surface area (Å²) in [5, 5.41) is 3.17. The Bertz CT molecular complexity index is 648. The van der Waals surface area contributed by atoms with Crippen LogP contribution in [0.2, 0.25) is 0 Å². The first kappa shape index (κ1) is 14.9. The second-order valence-electron chi connectivity index (χ2n) is 5.62. The van der Waals surface area contributed by atoms with E-state index in [4.69, 9.17) is 4.74 Å². The van der Waals surface area contributed by atoms with E-state index in [1.54, 1.807) is 4.68 Å². The summed E-state index contributed by atoms with van der Waals surface area (Å²) in [5.41, 5.74) is 1.46. The van der Waals surface area contributed by atoms with E-state index in [0.29, 0.717) is 11.1 Å². The number of benzene rings is 1. The first-order valence-corrected chi connectivity index (χ1v) is 7.38. The minimum absolute atomic E-state index is 0.0842. The first-order valence-electron chi connectivity index (χ1n) is 6.59. The summed E-state index contributed by atoms with van der Waals surface area (Å²) in [4.78, 5) is 12.3. The van der Waals surface area contributed by atoms with E-state index in [2.05, 4.69) is 41.8 Å². The van der Waals surface area contributed by atoms with Crippen molar-refractivity contribution < 1.29 is 4.74 Å². The standard InChI is InChI=1S/C15H19BrN2O2/c1-5-20-11-8-6-10(7-9-11)18-14(19)12(16)13(17-18)15(2,3)4/h6-9,17H,5H2,1-4H3. The van der Waals surface area contributed by atoms with Crippen molar-refractivity contribution >= 4 is 15.9 Å². The van der Waals surface area contributed by atoms with Crippen LogP contribution in [0.5, 0.6) is 5.75 Å². The number of ether oxygens (including phenoxy) is 1. The molecule has 1 N–H and O–H groups in total. The van der Waals surface area contributed by atoms with Gasteiger partial charge >= 0.3 is 0 Å². The highest BCUT2D eigenvalue weighted by molar-refractivity contribution is 9.10. The van der Waals surface area contributed by atoms with Crippen LogP contribution in [0.1, 0.15) is 33.4 Å². The molecular weight excluding hydrogens is 320 g/mol. The van der Waals surface area contributed by atoms with Gasteiger partial charge in [0.05, 0.1) is 18.0 Å². The number of hydrogen-bond donors (Lipinski definition) is 1. The molecule has 1 aromatic heterocycles. The third kappa shape index (κ3) is 2.82. The zero-order chi connectivity index (χ0) is 14.9. The predicted molar refractivity (Wildman–Crippen MR) is 84.0 cm³/mol. The highest BCUT2D eigenvalue weighted by atomic mass is 79.9. The van der Waals surface area contributed by atoms with Crippen LogP contribution in [0, 0.1) is 0 Å². The van der Waals surface area contributed by atoms with Gasteiger partial charge in [0.2, 0.25) is 0 Å². The lowest BCUT2D eigenvalue weighted by Crippen LogP contribution is -2.14. The quantitative estimate of drug-likeness (QED) is 0.928.